The minimum atomic E-state index is -0.156. The average Bonchev–Trinajstić information content (AvgIpc) is 3.74. The van der Waals surface area contributed by atoms with Gasteiger partial charge >= 0.3 is 0 Å². The van der Waals surface area contributed by atoms with Gasteiger partial charge in [-0.25, -0.2) is 0 Å². The molecule has 0 bridgehead atoms. The first-order valence-electron chi connectivity index (χ1n) is 19.6. The van der Waals surface area contributed by atoms with Gasteiger partial charge in [0, 0.05) is 16.2 Å². The van der Waals surface area contributed by atoms with Crippen molar-refractivity contribution in [3.63, 3.8) is 0 Å². The molecular weight excluding hydrogens is 677 g/mol. The Bertz CT molecular complexity index is 3380. The molecule has 0 spiro atoms. The van der Waals surface area contributed by atoms with Crippen molar-refractivity contribution in [2.24, 2.45) is 0 Å². The van der Waals surface area contributed by atoms with E-state index in [9.17, 15) is 0 Å². The van der Waals surface area contributed by atoms with Crippen molar-refractivity contribution in [3.05, 3.63) is 193 Å². The molecule has 262 valence electrons. The Morgan fingerprint density at radius 3 is 1.57 bits per heavy atom. The van der Waals surface area contributed by atoms with Crippen LogP contribution in [0.5, 0.6) is 0 Å². The molecule has 0 saturated carbocycles. The van der Waals surface area contributed by atoms with E-state index >= 15 is 0 Å². The summed E-state index contributed by atoms with van der Waals surface area (Å²) in [5.74, 6) is 0. The van der Waals surface area contributed by atoms with Crippen molar-refractivity contribution in [3.8, 4) is 44.5 Å². The molecule has 1 aliphatic carbocycles. The Balaban J connectivity index is 1.06. The molecule has 1 heterocycles. The van der Waals surface area contributed by atoms with Crippen LogP contribution in [0.4, 0.5) is 0 Å². The van der Waals surface area contributed by atoms with Gasteiger partial charge in [0.15, 0.2) is 0 Å². The molecule has 1 nitrogen and oxygen atoms in total. The van der Waals surface area contributed by atoms with Gasteiger partial charge < -0.3 is 4.42 Å². The van der Waals surface area contributed by atoms with Gasteiger partial charge in [0.05, 0.1) is 0 Å². The maximum absolute atomic E-state index is 6.29. The number of para-hydroxylation sites is 1. The van der Waals surface area contributed by atoms with Crippen LogP contribution in [0.1, 0.15) is 25.0 Å². The second kappa shape index (κ2) is 11.5. The molecule has 10 aromatic carbocycles. The number of benzene rings is 10. The SMILES string of the molecule is CC1(C)c2cc(-c3ccc(-c4c5ccccc5c(-c5ccccc5)c5ccccc45)c4ccccc34)ccc2-c2c1ccc1c2ccc2oc3ccccc3c21. The molecule has 0 atom stereocenters. The van der Waals surface area contributed by atoms with Gasteiger partial charge in [-0.2, -0.15) is 0 Å². The van der Waals surface area contributed by atoms with Crippen molar-refractivity contribution in [1.29, 1.82) is 0 Å². The first kappa shape index (κ1) is 31.4. The zero-order valence-electron chi connectivity index (χ0n) is 31.2. The number of hydrogen-bond acceptors (Lipinski definition) is 1. The molecule has 12 rings (SSSR count). The van der Waals surface area contributed by atoms with Crippen LogP contribution in [-0.4, -0.2) is 0 Å². The van der Waals surface area contributed by atoms with Crippen molar-refractivity contribution >= 4 is 65.0 Å². The fraction of sp³-hybridized carbons (Fsp3) is 0.0545. The summed E-state index contributed by atoms with van der Waals surface area (Å²) in [4.78, 5) is 0. The standard InChI is InChI=1S/C55H36O/c1-55(2)47-30-28-44-43(29-31-50-54(44)46-22-12-13-23-49(46)56-50)53(47)45-25-24-34(32-48(45)55)35-26-27-42(37-17-7-6-16-36(35)37)52-40-20-10-8-18-38(40)51(33-14-4-3-5-15-33)39-19-9-11-21-41(39)52/h3-32H,1-2H3. The predicted octanol–water partition coefficient (Wildman–Crippen LogP) is 15.5. The van der Waals surface area contributed by atoms with Crippen LogP contribution >= 0.6 is 0 Å². The maximum Gasteiger partial charge on any atom is 0.136 e. The summed E-state index contributed by atoms with van der Waals surface area (Å²) in [5, 5.41) is 12.5. The van der Waals surface area contributed by atoms with E-state index in [4.69, 9.17) is 4.42 Å². The van der Waals surface area contributed by atoms with Crippen LogP contribution in [0.25, 0.3) is 110 Å². The lowest BCUT2D eigenvalue weighted by atomic mass is 9.80. The largest absolute Gasteiger partial charge is 0.456 e. The fourth-order valence-corrected chi connectivity index (χ4v) is 10.1. The third kappa shape index (κ3) is 4.26. The molecular formula is C55H36O. The summed E-state index contributed by atoms with van der Waals surface area (Å²) in [6.45, 7) is 4.77. The van der Waals surface area contributed by atoms with E-state index in [0.717, 1.165) is 11.2 Å². The summed E-state index contributed by atoms with van der Waals surface area (Å²) in [6, 6.07) is 67.1. The Labute approximate surface area is 325 Å². The average molecular weight is 713 g/mol. The molecule has 11 aromatic rings. The van der Waals surface area contributed by atoms with Crippen LogP contribution < -0.4 is 0 Å². The van der Waals surface area contributed by atoms with Crippen LogP contribution in [0.15, 0.2) is 186 Å². The lowest BCUT2D eigenvalue weighted by Crippen LogP contribution is -2.15. The van der Waals surface area contributed by atoms with Crippen molar-refractivity contribution in [1.82, 2.24) is 0 Å². The number of furan rings is 1. The van der Waals surface area contributed by atoms with Gasteiger partial charge in [0.25, 0.3) is 0 Å². The molecule has 0 fully saturated rings. The Morgan fingerprint density at radius 2 is 0.857 bits per heavy atom. The van der Waals surface area contributed by atoms with Gasteiger partial charge in [0.1, 0.15) is 11.2 Å². The maximum atomic E-state index is 6.29. The highest BCUT2D eigenvalue weighted by Gasteiger charge is 2.37. The zero-order valence-corrected chi connectivity index (χ0v) is 31.2. The molecule has 0 aliphatic heterocycles. The molecule has 0 N–H and O–H groups in total. The van der Waals surface area contributed by atoms with Gasteiger partial charge in [-0.1, -0.05) is 172 Å². The lowest BCUT2D eigenvalue weighted by Gasteiger charge is -2.23. The number of hydrogen-bond donors (Lipinski definition) is 0. The summed E-state index contributed by atoms with van der Waals surface area (Å²) in [7, 11) is 0. The van der Waals surface area contributed by atoms with E-state index in [2.05, 4.69) is 190 Å². The first-order chi connectivity index (χ1) is 27.6. The van der Waals surface area contributed by atoms with Gasteiger partial charge in [0.2, 0.25) is 0 Å². The second-order valence-electron chi connectivity index (χ2n) is 15.9. The van der Waals surface area contributed by atoms with Crippen LogP contribution in [0.3, 0.4) is 0 Å². The smallest absolute Gasteiger partial charge is 0.136 e. The Hall–Kier alpha value is -6.96. The molecule has 1 heteroatoms. The van der Waals surface area contributed by atoms with Gasteiger partial charge in [-0.05, 0) is 123 Å². The Kier molecular flexibility index (Phi) is 6.46. The zero-order chi connectivity index (χ0) is 37.1. The monoisotopic (exact) mass is 712 g/mol. The normalized spacial score (nSPS) is 13.3. The minimum absolute atomic E-state index is 0.156. The fourth-order valence-electron chi connectivity index (χ4n) is 10.1. The molecule has 0 amide bonds. The van der Waals surface area contributed by atoms with Crippen molar-refractivity contribution in [2.45, 2.75) is 19.3 Å². The molecule has 1 aromatic heterocycles. The third-order valence-corrected chi connectivity index (χ3v) is 12.7. The van der Waals surface area contributed by atoms with E-state index in [-0.39, 0.29) is 5.41 Å². The highest BCUT2D eigenvalue weighted by atomic mass is 16.3. The third-order valence-electron chi connectivity index (χ3n) is 12.7. The van der Waals surface area contributed by atoms with E-state index in [1.165, 1.54) is 109 Å². The van der Waals surface area contributed by atoms with Crippen molar-refractivity contribution < 1.29 is 4.42 Å². The van der Waals surface area contributed by atoms with E-state index in [1.54, 1.807) is 0 Å². The predicted molar refractivity (Wildman–Crippen MR) is 238 cm³/mol. The highest BCUT2D eigenvalue weighted by molar-refractivity contribution is 6.25. The van der Waals surface area contributed by atoms with Crippen LogP contribution in [0, 0.1) is 0 Å². The lowest BCUT2D eigenvalue weighted by molar-refractivity contribution is 0.661. The number of rotatable bonds is 3. The van der Waals surface area contributed by atoms with E-state index in [1.807, 2.05) is 6.07 Å². The quantitative estimate of drug-likeness (QED) is 0.166. The van der Waals surface area contributed by atoms with Gasteiger partial charge in [-0.3, -0.25) is 0 Å². The molecule has 0 radical (unpaired) electrons. The highest BCUT2D eigenvalue weighted by Crippen LogP contribution is 2.54. The first-order valence-corrected chi connectivity index (χ1v) is 19.6. The van der Waals surface area contributed by atoms with Crippen LogP contribution in [0.2, 0.25) is 0 Å². The Morgan fingerprint density at radius 1 is 0.321 bits per heavy atom. The summed E-state index contributed by atoms with van der Waals surface area (Å²) >= 11 is 0. The summed E-state index contributed by atoms with van der Waals surface area (Å²) in [6.07, 6.45) is 0. The number of fused-ring (bicyclic) bond motifs is 12. The molecule has 0 unspecified atom stereocenters. The van der Waals surface area contributed by atoms with E-state index < -0.39 is 0 Å². The summed E-state index contributed by atoms with van der Waals surface area (Å²) < 4.78 is 6.29. The van der Waals surface area contributed by atoms with Crippen LogP contribution in [-0.2, 0) is 5.41 Å². The second-order valence-corrected chi connectivity index (χ2v) is 15.9. The summed E-state index contributed by atoms with van der Waals surface area (Å²) in [5.41, 5.74) is 14.7. The van der Waals surface area contributed by atoms with Gasteiger partial charge in [-0.15, -0.1) is 0 Å². The molecule has 56 heavy (non-hydrogen) atoms. The topological polar surface area (TPSA) is 13.1 Å². The minimum Gasteiger partial charge on any atom is -0.456 e. The molecule has 1 aliphatic rings. The van der Waals surface area contributed by atoms with Crippen molar-refractivity contribution in [2.75, 3.05) is 0 Å². The molecule has 0 saturated heterocycles. The van der Waals surface area contributed by atoms with E-state index in [0.29, 0.717) is 0 Å².